The van der Waals surface area contributed by atoms with Crippen molar-refractivity contribution in [3.05, 3.63) is 60.4 Å². The maximum absolute atomic E-state index is 12.4. The topological polar surface area (TPSA) is 94.6 Å². The Balaban J connectivity index is 1.40. The Morgan fingerprint density at radius 2 is 1.64 bits per heavy atom. The van der Waals surface area contributed by atoms with Gasteiger partial charge in [0.25, 0.3) is 5.91 Å². The number of anilines is 3. The van der Waals surface area contributed by atoms with Gasteiger partial charge in [0.1, 0.15) is 19.0 Å². The summed E-state index contributed by atoms with van der Waals surface area (Å²) in [7, 11) is 1.61. The van der Waals surface area contributed by atoms with Crippen molar-refractivity contribution in [1.29, 1.82) is 0 Å². The maximum Gasteiger partial charge on any atom is 0.258 e. The van der Waals surface area contributed by atoms with Crippen molar-refractivity contribution in [3.8, 4) is 17.2 Å². The van der Waals surface area contributed by atoms with Gasteiger partial charge in [0.05, 0.1) is 12.7 Å². The normalized spacial score (nSPS) is 12.2. The molecule has 142 valence electrons. The van der Waals surface area contributed by atoms with E-state index in [-0.39, 0.29) is 5.91 Å². The van der Waals surface area contributed by atoms with Crippen molar-refractivity contribution in [3.63, 3.8) is 0 Å². The van der Waals surface area contributed by atoms with E-state index >= 15 is 0 Å². The molecule has 0 aliphatic carbocycles. The summed E-state index contributed by atoms with van der Waals surface area (Å²) < 4.78 is 16.1. The zero-order valence-corrected chi connectivity index (χ0v) is 15.1. The monoisotopic (exact) mass is 378 g/mol. The van der Waals surface area contributed by atoms with E-state index in [1.807, 2.05) is 24.3 Å². The summed E-state index contributed by atoms with van der Waals surface area (Å²) in [5.41, 5.74) is 1.76. The Labute approximate surface area is 161 Å². The molecule has 0 unspecified atom stereocenters. The summed E-state index contributed by atoms with van der Waals surface area (Å²) in [5, 5.41) is 5.87. The number of nitrogens with zero attached hydrogens (tertiary/aromatic N) is 2. The van der Waals surface area contributed by atoms with E-state index in [2.05, 4.69) is 20.6 Å². The molecule has 2 heterocycles. The van der Waals surface area contributed by atoms with Gasteiger partial charge in [-0.15, -0.1) is 0 Å². The number of aromatic nitrogens is 2. The van der Waals surface area contributed by atoms with Gasteiger partial charge in [-0.2, -0.15) is 0 Å². The average Bonchev–Trinajstić information content (AvgIpc) is 2.75. The van der Waals surface area contributed by atoms with Crippen LogP contribution in [0.5, 0.6) is 17.2 Å². The molecule has 3 aromatic rings. The molecule has 0 atom stereocenters. The summed E-state index contributed by atoms with van der Waals surface area (Å²) in [4.78, 5) is 20.8. The summed E-state index contributed by atoms with van der Waals surface area (Å²) in [6, 6.07) is 12.6. The lowest BCUT2D eigenvalue weighted by atomic mass is 10.2. The number of carbonyl (C=O) groups is 1. The number of methoxy groups -OCH3 is 1. The number of ether oxygens (including phenoxy) is 3. The zero-order chi connectivity index (χ0) is 19.3. The van der Waals surface area contributed by atoms with Crippen molar-refractivity contribution in [2.45, 2.75) is 0 Å². The van der Waals surface area contributed by atoms with Crippen molar-refractivity contribution >= 4 is 23.2 Å². The lowest BCUT2D eigenvalue weighted by molar-refractivity contribution is 0.102. The fourth-order valence-corrected chi connectivity index (χ4v) is 2.64. The first-order valence-corrected chi connectivity index (χ1v) is 8.65. The van der Waals surface area contributed by atoms with Gasteiger partial charge < -0.3 is 24.8 Å². The first-order valence-electron chi connectivity index (χ1n) is 8.65. The molecule has 4 rings (SSSR count). The van der Waals surface area contributed by atoms with Crippen molar-refractivity contribution in [2.24, 2.45) is 0 Å². The second kappa shape index (κ2) is 7.83. The van der Waals surface area contributed by atoms with Crippen LogP contribution in [-0.2, 0) is 0 Å². The van der Waals surface area contributed by atoms with Crippen LogP contribution in [-0.4, -0.2) is 36.2 Å². The molecule has 28 heavy (non-hydrogen) atoms. The zero-order valence-electron chi connectivity index (χ0n) is 15.1. The smallest absolute Gasteiger partial charge is 0.258 e. The number of fused-ring (bicyclic) bond motifs is 1. The highest BCUT2D eigenvalue weighted by atomic mass is 16.6. The largest absolute Gasteiger partial charge is 0.497 e. The Bertz CT molecular complexity index is 975. The summed E-state index contributed by atoms with van der Waals surface area (Å²) in [5.74, 6) is 2.12. The van der Waals surface area contributed by atoms with Crippen molar-refractivity contribution < 1.29 is 19.0 Å². The van der Waals surface area contributed by atoms with Crippen LogP contribution in [0.25, 0.3) is 0 Å². The highest BCUT2D eigenvalue weighted by molar-refractivity contribution is 6.04. The highest BCUT2D eigenvalue weighted by Crippen LogP contribution is 2.32. The molecule has 0 spiro atoms. The number of rotatable bonds is 5. The molecule has 0 radical (unpaired) electrons. The molecule has 8 nitrogen and oxygen atoms in total. The third-order valence-corrected chi connectivity index (χ3v) is 4.06. The third kappa shape index (κ3) is 3.96. The number of amides is 1. The summed E-state index contributed by atoms with van der Waals surface area (Å²) in [6.45, 7) is 1.01. The number of nitrogens with one attached hydrogen (secondary N) is 2. The number of carbonyl (C=O) groups excluding carboxylic acids is 1. The van der Waals surface area contributed by atoms with Crippen LogP contribution in [0, 0.1) is 0 Å². The molecule has 1 aliphatic rings. The van der Waals surface area contributed by atoms with E-state index in [9.17, 15) is 4.79 Å². The maximum atomic E-state index is 12.4. The van der Waals surface area contributed by atoms with Gasteiger partial charge in [-0.1, -0.05) is 0 Å². The first-order chi connectivity index (χ1) is 13.7. The Morgan fingerprint density at radius 3 is 2.36 bits per heavy atom. The molecule has 0 saturated carbocycles. The summed E-state index contributed by atoms with van der Waals surface area (Å²) >= 11 is 0. The van der Waals surface area contributed by atoms with Gasteiger partial charge in [0.15, 0.2) is 11.5 Å². The standard InChI is InChI=1S/C20H18N4O4/c1-26-16-5-2-14(3-6-16)24-20-21-11-13(12-22-20)19(25)23-15-4-7-17-18(10-15)28-9-8-27-17/h2-7,10-12H,8-9H2,1H3,(H,23,25)(H,21,22,24). The molecule has 0 fully saturated rings. The minimum absolute atomic E-state index is 0.312. The van der Waals surface area contributed by atoms with Gasteiger partial charge in [-0.3, -0.25) is 4.79 Å². The van der Waals surface area contributed by atoms with E-state index in [0.717, 1.165) is 11.4 Å². The van der Waals surface area contributed by atoms with Gasteiger partial charge in [0.2, 0.25) is 5.95 Å². The highest BCUT2D eigenvalue weighted by Gasteiger charge is 2.14. The van der Waals surface area contributed by atoms with Crippen LogP contribution in [0.2, 0.25) is 0 Å². The van der Waals surface area contributed by atoms with Crippen LogP contribution in [0.1, 0.15) is 10.4 Å². The molecule has 8 heteroatoms. The lowest BCUT2D eigenvalue weighted by Gasteiger charge is -2.19. The third-order valence-electron chi connectivity index (χ3n) is 4.06. The molecule has 1 aliphatic heterocycles. The first kappa shape index (κ1) is 17.6. The minimum Gasteiger partial charge on any atom is -0.497 e. The second-order valence-electron chi connectivity index (χ2n) is 5.96. The van der Waals surface area contributed by atoms with Gasteiger partial charge in [-0.25, -0.2) is 9.97 Å². The number of benzene rings is 2. The quantitative estimate of drug-likeness (QED) is 0.704. The van der Waals surface area contributed by atoms with Crippen molar-refractivity contribution in [1.82, 2.24) is 9.97 Å². The van der Waals surface area contributed by atoms with Crippen LogP contribution < -0.4 is 24.8 Å². The Hall–Kier alpha value is -3.81. The van der Waals surface area contributed by atoms with E-state index < -0.39 is 0 Å². The average molecular weight is 378 g/mol. The molecule has 0 saturated heterocycles. The van der Waals surface area contributed by atoms with Gasteiger partial charge in [0, 0.05) is 29.8 Å². The SMILES string of the molecule is COc1ccc(Nc2ncc(C(=O)Nc3ccc4c(c3)OCCO4)cn2)cc1. The van der Waals surface area contributed by atoms with E-state index in [1.165, 1.54) is 12.4 Å². The Morgan fingerprint density at radius 1 is 0.964 bits per heavy atom. The summed E-state index contributed by atoms with van der Waals surface area (Å²) in [6.07, 6.45) is 2.93. The van der Waals surface area contributed by atoms with E-state index in [4.69, 9.17) is 14.2 Å². The van der Waals surface area contributed by atoms with Gasteiger partial charge in [-0.05, 0) is 36.4 Å². The molecule has 0 bridgehead atoms. The number of hydrogen-bond acceptors (Lipinski definition) is 7. The molecule has 1 amide bonds. The second-order valence-corrected chi connectivity index (χ2v) is 5.96. The molecule has 2 aromatic carbocycles. The minimum atomic E-state index is -0.312. The van der Waals surface area contributed by atoms with Crippen LogP contribution in [0.3, 0.4) is 0 Å². The van der Waals surface area contributed by atoms with Crippen molar-refractivity contribution in [2.75, 3.05) is 31.0 Å². The van der Waals surface area contributed by atoms with E-state index in [1.54, 1.807) is 25.3 Å². The number of hydrogen-bond donors (Lipinski definition) is 2. The molecular weight excluding hydrogens is 360 g/mol. The van der Waals surface area contributed by atoms with E-state index in [0.29, 0.717) is 41.9 Å². The fraction of sp³-hybridized carbons (Fsp3) is 0.150. The van der Waals surface area contributed by atoms with Crippen LogP contribution >= 0.6 is 0 Å². The predicted octanol–water partition coefficient (Wildman–Crippen LogP) is 3.25. The van der Waals surface area contributed by atoms with Crippen LogP contribution in [0.15, 0.2) is 54.9 Å². The Kier molecular flexibility index (Phi) is 4.92. The van der Waals surface area contributed by atoms with Crippen LogP contribution in [0.4, 0.5) is 17.3 Å². The van der Waals surface area contributed by atoms with Gasteiger partial charge >= 0.3 is 0 Å². The molecule has 1 aromatic heterocycles. The predicted molar refractivity (Wildman–Crippen MR) is 104 cm³/mol. The fourth-order valence-electron chi connectivity index (χ4n) is 2.64. The molecule has 2 N–H and O–H groups in total. The molecular formula is C20H18N4O4. The lowest BCUT2D eigenvalue weighted by Crippen LogP contribution is -2.16.